The first-order valence-electron chi connectivity index (χ1n) is 6.80. The van der Waals surface area contributed by atoms with Crippen molar-refractivity contribution in [2.24, 2.45) is 5.73 Å². The van der Waals surface area contributed by atoms with Crippen LogP contribution in [0.25, 0.3) is 0 Å². The number of benzene rings is 1. The Kier molecular flexibility index (Phi) is 4.95. The van der Waals surface area contributed by atoms with E-state index in [1.54, 1.807) is 37.3 Å². The third-order valence-corrected chi connectivity index (χ3v) is 3.25. The number of ether oxygens (including phenoxy) is 1. The zero-order chi connectivity index (χ0) is 16.1. The normalized spacial score (nSPS) is 10.3. The topological polar surface area (TPSA) is 94.6 Å². The van der Waals surface area contributed by atoms with Gasteiger partial charge in [-0.2, -0.15) is 0 Å². The first kappa shape index (κ1) is 15.8. The summed E-state index contributed by atoms with van der Waals surface area (Å²) in [5.74, 6) is 0.265. The Morgan fingerprint density at radius 3 is 2.55 bits per heavy atom. The number of furan rings is 1. The van der Waals surface area contributed by atoms with Gasteiger partial charge in [-0.1, -0.05) is 12.1 Å². The molecule has 0 saturated carbocycles. The van der Waals surface area contributed by atoms with Gasteiger partial charge in [0.2, 0.25) is 0 Å². The molecule has 0 radical (unpaired) electrons. The number of rotatable bonds is 5. The van der Waals surface area contributed by atoms with Crippen LogP contribution < -0.4 is 11.1 Å². The number of nitrogens with two attached hydrogens (primary N) is 1. The Labute approximate surface area is 128 Å². The van der Waals surface area contributed by atoms with Crippen molar-refractivity contribution < 1.29 is 18.7 Å². The van der Waals surface area contributed by atoms with Gasteiger partial charge >= 0.3 is 5.97 Å². The van der Waals surface area contributed by atoms with Crippen LogP contribution in [0.2, 0.25) is 0 Å². The Morgan fingerprint density at radius 2 is 1.95 bits per heavy atom. The molecule has 1 amide bonds. The van der Waals surface area contributed by atoms with Crippen LogP contribution in [0.4, 0.5) is 0 Å². The molecule has 2 aromatic rings. The van der Waals surface area contributed by atoms with Crippen LogP contribution >= 0.6 is 0 Å². The van der Waals surface area contributed by atoms with Crippen LogP contribution in [-0.4, -0.2) is 19.0 Å². The largest absolute Gasteiger partial charge is 0.465 e. The minimum absolute atomic E-state index is 0.190. The molecule has 0 spiro atoms. The highest BCUT2D eigenvalue weighted by molar-refractivity contribution is 5.94. The fourth-order valence-corrected chi connectivity index (χ4v) is 2.01. The number of carbonyl (C=O) groups excluding carboxylic acids is 2. The van der Waals surface area contributed by atoms with E-state index in [2.05, 4.69) is 10.1 Å². The number of carbonyl (C=O) groups is 2. The molecule has 0 bridgehead atoms. The van der Waals surface area contributed by atoms with Crippen molar-refractivity contribution in [3.63, 3.8) is 0 Å². The standard InChI is InChI=1S/C16H18N2O4/c1-10-14(16(20)21-2)7-13(22-10)9-18-15(19)12-5-3-11(8-17)4-6-12/h3-7H,8-9,17H2,1-2H3,(H,18,19). The molecular weight excluding hydrogens is 284 g/mol. The second-order valence-electron chi connectivity index (χ2n) is 4.76. The van der Waals surface area contributed by atoms with E-state index in [-0.39, 0.29) is 12.5 Å². The Morgan fingerprint density at radius 1 is 1.27 bits per heavy atom. The molecule has 1 heterocycles. The van der Waals surface area contributed by atoms with E-state index in [0.717, 1.165) is 5.56 Å². The molecule has 0 aliphatic carbocycles. The molecule has 0 unspecified atom stereocenters. The Balaban J connectivity index is 2.00. The lowest BCUT2D eigenvalue weighted by Gasteiger charge is -2.04. The smallest absolute Gasteiger partial charge is 0.341 e. The van der Waals surface area contributed by atoms with Gasteiger partial charge in [-0.05, 0) is 30.7 Å². The number of hydrogen-bond donors (Lipinski definition) is 2. The highest BCUT2D eigenvalue weighted by Gasteiger charge is 2.15. The van der Waals surface area contributed by atoms with Crippen LogP contribution in [0.1, 0.15) is 37.8 Å². The average Bonchev–Trinajstić information content (AvgIpc) is 2.92. The number of hydrogen-bond acceptors (Lipinski definition) is 5. The van der Waals surface area contributed by atoms with Gasteiger partial charge in [-0.25, -0.2) is 4.79 Å². The number of nitrogens with one attached hydrogen (secondary N) is 1. The molecular formula is C16H18N2O4. The molecule has 1 aromatic carbocycles. The fourth-order valence-electron chi connectivity index (χ4n) is 2.01. The van der Waals surface area contributed by atoms with E-state index < -0.39 is 5.97 Å². The number of amides is 1. The Hall–Kier alpha value is -2.60. The molecule has 6 heteroatoms. The van der Waals surface area contributed by atoms with Gasteiger partial charge in [-0.15, -0.1) is 0 Å². The monoisotopic (exact) mass is 302 g/mol. The van der Waals surface area contributed by atoms with E-state index in [9.17, 15) is 9.59 Å². The summed E-state index contributed by atoms with van der Waals surface area (Å²) < 4.78 is 10.1. The summed E-state index contributed by atoms with van der Waals surface area (Å²) in [5.41, 5.74) is 7.37. The van der Waals surface area contributed by atoms with Crippen LogP contribution in [0, 0.1) is 6.92 Å². The lowest BCUT2D eigenvalue weighted by atomic mass is 10.1. The van der Waals surface area contributed by atoms with Crippen LogP contribution in [0.3, 0.4) is 0 Å². The highest BCUT2D eigenvalue weighted by atomic mass is 16.5. The lowest BCUT2D eigenvalue weighted by Crippen LogP contribution is -2.22. The van der Waals surface area contributed by atoms with Crippen molar-refractivity contribution in [3.8, 4) is 0 Å². The zero-order valence-electron chi connectivity index (χ0n) is 12.5. The molecule has 0 saturated heterocycles. The summed E-state index contributed by atoms with van der Waals surface area (Å²) in [5, 5.41) is 2.73. The molecule has 6 nitrogen and oxygen atoms in total. The molecule has 22 heavy (non-hydrogen) atoms. The van der Waals surface area contributed by atoms with E-state index in [1.165, 1.54) is 7.11 Å². The first-order chi connectivity index (χ1) is 10.5. The maximum absolute atomic E-state index is 12.0. The van der Waals surface area contributed by atoms with Crippen LogP contribution in [0.5, 0.6) is 0 Å². The quantitative estimate of drug-likeness (QED) is 0.821. The SMILES string of the molecule is COC(=O)c1cc(CNC(=O)c2ccc(CN)cc2)oc1C. The average molecular weight is 302 g/mol. The molecule has 116 valence electrons. The third kappa shape index (κ3) is 3.53. The number of aryl methyl sites for hydroxylation is 1. The maximum Gasteiger partial charge on any atom is 0.341 e. The minimum atomic E-state index is -0.462. The van der Waals surface area contributed by atoms with E-state index in [4.69, 9.17) is 10.2 Å². The van der Waals surface area contributed by atoms with Crippen LogP contribution in [-0.2, 0) is 17.8 Å². The second kappa shape index (κ2) is 6.91. The van der Waals surface area contributed by atoms with Gasteiger partial charge in [0.1, 0.15) is 17.1 Å². The van der Waals surface area contributed by atoms with Crippen molar-refractivity contribution in [2.75, 3.05) is 7.11 Å². The second-order valence-corrected chi connectivity index (χ2v) is 4.76. The summed E-state index contributed by atoms with van der Waals surface area (Å²) in [6.07, 6.45) is 0. The van der Waals surface area contributed by atoms with Crippen molar-refractivity contribution in [3.05, 3.63) is 58.5 Å². The van der Waals surface area contributed by atoms with E-state index >= 15 is 0 Å². The van der Waals surface area contributed by atoms with Crippen LogP contribution in [0.15, 0.2) is 34.7 Å². The lowest BCUT2D eigenvalue weighted by molar-refractivity contribution is 0.0598. The van der Waals surface area contributed by atoms with Gasteiger partial charge < -0.3 is 20.2 Å². The first-order valence-corrected chi connectivity index (χ1v) is 6.80. The van der Waals surface area contributed by atoms with E-state index in [0.29, 0.717) is 29.2 Å². The highest BCUT2D eigenvalue weighted by Crippen LogP contribution is 2.15. The fraction of sp³-hybridized carbons (Fsp3) is 0.250. The van der Waals surface area contributed by atoms with Crippen molar-refractivity contribution in [1.82, 2.24) is 5.32 Å². The van der Waals surface area contributed by atoms with Crippen molar-refractivity contribution in [2.45, 2.75) is 20.0 Å². The molecule has 3 N–H and O–H groups in total. The zero-order valence-corrected chi connectivity index (χ0v) is 12.5. The summed E-state index contributed by atoms with van der Waals surface area (Å²) in [7, 11) is 1.31. The third-order valence-electron chi connectivity index (χ3n) is 3.25. The maximum atomic E-state index is 12.0. The molecule has 0 fully saturated rings. The summed E-state index contributed by atoms with van der Waals surface area (Å²) >= 11 is 0. The van der Waals surface area contributed by atoms with Gasteiger partial charge in [0.05, 0.1) is 13.7 Å². The Bertz CT molecular complexity index is 674. The number of esters is 1. The molecule has 0 aliphatic heterocycles. The van der Waals surface area contributed by atoms with Crippen molar-refractivity contribution >= 4 is 11.9 Å². The number of methoxy groups -OCH3 is 1. The molecule has 1 aromatic heterocycles. The predicted molar refractivity (Wildman–Crippen MR) is 80.3 cm³/mol. The molecule has 2 rings (SSSR count). The summed E-state index contributed by atoms with van der Waals surface area (Å²) in [4.78, 5) is 23.5. The van der Waals surface area contributed by atoms with Crippen molar-refractivity contribution in [1.29, 1.82) is 0 Å². The van der Waals surface area contributed by atoms with E-state index in [1.807, 2.05) is 0 Å². The molecule has 0 aliphatic rings. The van der Waals surface area contributed by atoms with Gasteiger partial charge in [0.25, 0.3) is 5.91 Å². The minimum Gasteiger partial charge on any atom is -0.465 e. The van der Waals surface area contributed by atoms with Gasteiger partial charge in [-0.3, -0.25) is 4.79 Å². The molecule has 0 atom stereocenters. The summed E-state index contributed by atoms with van der Waals surface area (Å²) in [6.45, 7) is 2.29. The predicted octanol–water partition coefficient (Wildman–Crippen LogP) is 1.76. The van der Waals surface area contributed by atoms with Gasteiger partial charge in [0.15, 0.2) is 0 Å². The summed E-state index contributed by atoms with van der Waals surface area (Å²) in [6, 6.07) is 8.61. The van der Waals surface area contributed by atoms with Gasteiger partial charge in [0, 0.05) is 12.1 Å².